The van der Waals surface area contributed by atoms with Crippen LogP contribution in [0.15, 0.2) is 16.8 Å². The Labute approximate surface area is 176 Å². The van der Waals surface area contributed by atoms with Gasteiger partial charge in [-0.05, 0) is 74.7 Å². The molecular formula is C23H33NO6. The van der Waals surface area contributed by atoms with Crippen LogP contribution < -0.4 is 0 Å². The summed E-state index contributed by atoms with van der Waals surface area (Å²) in [5, 5.41) is 37.3. The van der Waals surface area contributed by atoms with Gasteiger partial charge in [0.25, 0.3) is 0 Å². The van der Waals surface area contributed by atoms with Crippen molar-refractivity contribution in [2.24, 2.45) is 33.8 Å². The highest BCUT2D eigenvalue weighted by Crippen LogP contribution is 2.70. The predicted octanol–water partition coefficient (Wildman–Crippen LogP) is 2.47. The van der Waals surface area contributed by atoms with Gasteiger partial charge in [-0.15, -0.1) is 0 Å². The van der Waals surface area contributed by atoms with E-state index in [1.165, 1.54) is 0 Å². The number of nitrogens with zero attached hydrogens (tertiary/aromatic N) is 1. The van der Waals surface area contributed by atoms with Gasteiger partial charge in [0.2, 0.25) is 0 Å². The molecule has 0 radical (unpaired) electrons. The predicted molar refractivity (Wildman–Crippen MR) is 108 cm³/mol. The minimum atomic E-state index is -1.10. The normalized spacial score (nSPS) is 52.7. The molecule has 0 spiro atoms. The summed E-state index contributed by atoms with van der Waals surface area (Å²) in [6.45, 7) is 2.52. The second kappa shape index (κ2) is 6.59. The van der Waals surface area contributed by atoms with Gasteiger partial charge in [0.1, 0.15) is 6.61 Å². The van der Waals surface area contributed by atoms with Crippen LogP contribution >= 0.6 is 0 Å². The molecule has 0 amide bonds. The number of hydrogen-bond acceptors (Lipinski definition) is 7. The minimum Gasteiger partial charge on any atom is -0.458 e. The van der Waals surface area contributed by atoms with E-state index < -0.39 is 22.7 Å². The van der Waals surface area contributed by atoms with E-state index in [0.717, 1.165) is 24.8 Å². The first-order valence-electron chi connectivity index (χ1n) is 11.5. The maximum atomic E-state index is 12.2. The summed E-state index contributed by atoms with van der Waals surface area (Å²) in [7, 11) is 0. The standard InChI is InChI=1S/C23H33NO6/c1-20-6-3-17-18(23(20,28)9-5-16(20)14-10-19(26)30-12-14)4-8-22(27)11-15(25)2-7-21(17,22)13-24-29/h10,15-18,25,27-28H,2-9,11-13H2,1H3/t15?,16?,17-,18+,20?,21?,22?,23?/m0/s1. The van der Waals surface area contributed by atoms with Crippen molar-refractivity contribution >= 4 is 5.97 Å². The number of esters is 1. The zero-order valence-corrected chi connectivity index (χ0v) is 17.7. The molecule has 30 heavy (non-hydrogen) atoms. The number of nitroso groups, excluding NO2 is 1. The molecule has 0 aromatic rings. The fourth-order valence-electron chi connectivity index (χ4n) is 8.63. The molecule has 8 atom stereocenters. The number of aliphatic hydroxyl groups is 3. The molecule has 4 aliphatic carbocycles. The summed E-state index contributed by atoms with van der Waals surface area (Å²) in [5.74, 6) is -0.188. The lowest BCUT2D eigenvalue weighted by molar-refractivity contribution is -0.257. The van der Waals surface area contributed by atoms with Crippen molar-refractivity contribution < 1.29 is 24.9 Å². The van der Waals surface area contributed by atoms with Crippen LogP contribution in [-0.2, 0) is 9.53 Å². The lowest BCUT2D eigenvalue weighted by atomic mass is 9.41. The number of fused-ring (bicyclic) bond motifs is 5. The number of carbonyl (C=O) groups is 1. The Morgan fingerprint density at radius 1 is 1.10 bits per heavy atom. The average molecular weight is 420 g/mol. The molecule has 7 nitrogen and oxygen atoms in total. The van der Waals surface area contributed by atoms with E-state index >= 15 is 0 Å². The molecule has 0 saturated heterocycles. The Bertz CT molecular complexity index is 799. The summed E-state index contributed by atoms with van der Waals surface area (Å²) in [6.07, 6.45) is 6.71. The molecule has 0 aromatic heterocycles. The molecule has 5 rings (SSSR count). The van der Waals surface area contributed by atoms with E-state index in [1.54, 1.807) is 6.08 Å². The Hall–Kier alpha value is -1.31. The topological polar surface area (TPSA) is 116 Å². The van der Waals surface area contributed by atoms with Crippen molar-refractivity contribution in [2.75, 3.05) is 13.2 Å². The second-order valence-electron chi connectivity index (χ2n) is 10.9. The van der Waals surface area contributed by atoms with E-state index in [2.05, 4.69) is 12.1 Å². The monoisotopic (exact) mass is 419 g/mol. The van der Waals surface area contributed by atoms with Crippen molar-refractivity contribution in [3.05, 3.63) is 16.6 Å². The van der Waals surface area contributed by atoms with Gasteiger partial charge in [-0.3, -0.25) is 0 Å². The summed E-state index contributed by atoms with van der Waals surface area (Å²) < 4.78 is 5.17. The molecule has 7 heteroatoms. The van der Waals surface area contributed by atoms with Crippen LogP contribution in [0.25, 0.3) is 0 Å². The first kappa shape index (κ1) is 20.6. The molecule has 4 saturated carbocycles. The Balaban J connectivity index is 1.52. The van der Waals surface area contributed by atoms with Crippen molar-refractivity contribution in [2.45, 2.75) is 82.0 Å². The number of carbonyl (C=O) groups excluding carboxylic acids is 1. The van der Waals surface area contributed by atoms with E-state index in [9.17, 15) is 25.0 Å². The highest BCUT2D eigenvalue weighted by molar-refractivity contribution is 5.85. The fraction of sp³-hybridized carbons (Fsp3) is 0.870. The van der Waals surface area contributed by atoms with Crippen molar-refractivity contribution in [1.29, 1.82) is 0 Å². The zero-order valence-electron chi connectivity index (χ0n) is 17.7. The molecule has 3 N–H and O–H groups in total. The van der Waals surface area contributed by atoms with Gasteiger partial charge < -0.3 is 20.1 Å². The van der Waals surface area contributed by atoms with E-state index in [1.807, 2.05) is 0 Å². The molecule has 5 aliphatic rings. The highest BCUT2D eigenvalue weighted by atomic mass is 16.5. The van der Waals surface area contributed by atoms with Gasteiger partial charge in [0.15, 0.2) is 0 Å². The smallest absolute Gasteiger partial charge is 0.331 e. The van der Waals surface area contributed by atoms with Crippen LogP contribution in [0.1, 0.15) is 64.7 Å². The molecule has 1 aliphatic heterocycles. The third-order valence-corrected chi connectivity index (χ3v) is 10.1. The maximum Gasteiger partial charge on any atom is 0.331 e. The molecule has 6 unspecified atom stereocenters. The molecule has 166 valence electrons. The SMILES string of the molecule is CC12CC[C@H]3[C@@H](CCC4(O)CC(O)CCC34CN=O)C1(O)CCC2C1=CC(=O)OC1. The van der Waals surface area contributed by atoms with E-state index in [0.29, 0.717) is 38.7 Å². The number of ether oxygens (including phenoxy) is 1. The summed E-state index contributed by atoms with van der Waals surface area (Å²) in [6, 6.07) is 0. The maximum absolute atomic E-state index is 12.2. The van der Waals surface area contributed by atoms with Gasteiger partial charge >= 0.3 is 5.97 Å². The Morgan fingerprint density at radius 3 is 2.57 bits per heavy atom. The third-order valence-electron chi connectivity index (χ3n) is 10.1. The third kappa shape index (κ3) is 2.46. The van der Waals surface area contributed by atoms with Gasteiger partial charge in [-0.25, -0.2) is 4.79 Å². The van der Waals surface area contributed by atoms with Crippen LogP contribution in [0, 0.1) is 33.5 Å². The largest absolute Gasteiger partial charge is 0.458 e. The Kier molecular flexibility index (Phi) is 4.53. The number of hydrogen-bond donors (Lipinski definition) is 3. The number of aliphatic hydroxyl groups excluding tert-OH is 1. The number of cyclic esters (lactones) is 1. The summed E-state index contributed by atoms with van der Waals surface area (Å²) in [4.78, 5) is 23.2. The molecule has 1 heterocycles. The number of rotatable bonds is 3. The second-order valence-corrected chi connectivity index (χ2v) is 10.9. The molecule has 0 aromatic carbocycles. The lowest BCUT2D eigenvalue weighted by Gasteiger charge is -2.66. The highest BCUT2D eigenvalue weighted by Gasteiger charge is 2.71. The molecular weight excluding hydrogens is 386 g/mol. The van der Waals surface area contributed by atoms with Crippen LogP contribution in [0.2, 0.25) is 0 Å². The Morgan fingerprint density at radius 2 is 1.87 bits per heavy atom. The van der Waals surface area contributed by atoms with Crippen molar-refractivity contribution in [1.82, 2.24) is 0 Å². The first-order chi connectivity index (χ1) is 14.2. The zero-order chi connectivity index (χ0) is 21.4. The van der Waals surface area contributed by atoms with Gasteiger partial charge in [0.05, 0.1) is 23.9 Å². The first-order valence-corrected chi connectivity index (χ1v) is 11.5. The lowest BCUT2D eigenvalue weighted by Crippen LogP contribution is -2.69. The van der Waals surface area contributed by atoms with Gasteiger partial charge in [-0.1, -0.05) is 12.1 Å². The van der Waals surface area contributed by atoms with Gasteiger partial charge in [0, 0.05) is 23.3 Å². The van der Waals surface area contributed by atoms with Crippen LogP contribution in [-0.4, -0.2) is 51.7 Å². The van der Waals surface area contributed by atoms with E-state index in [4.69, 9.17) is 4.74 Å². The van der Waals surface area contributed by atoms with E-state index in [-0.39, 0.29) is 42.1 Å². The fourth-order valence-corrected chi connectivity index (χ4v) is 8.63. The van der Waals surface area contributed by atoms with Crippen molar-refractivity contribution in [3.63, 3.8) is 0 Å². The quantitative estimate of drug-likeness (QED) is 0.478. The minimum absolute atomic E-state index is 0.00807. The van der Waals surface area contributed by atoms with Crippen LogP contribution in [0.4, 0.5) is 0 Å². The average Bonchev–Trinajstić information content (AvgIpc) is 3.23. The molecule has 4 fully saturated rings. The van der Waals surface area contributed by atoms with Gasteiger partial charge in [-0.2, -0.15) is 4.91 Å². The van der Waals surface area contributed by atoms with Crippen molar-refractivity contribution in [3.8, 4) is 0 Å². The van der Waals surface area contributed by atoms with Crippen LogP contribution in [0.5, 0.6) is 0 Å². The van der Waals surface area contributed by atoms with Crippen LogP contribution in [0.3, 0.4) is 0 Å². The summed E-state index contributed by atoms with van der Waals surface area (Å²) in [5.41, 5.74) is -2.03. The molecule has 0 bridgehead atoms. The summed E-state index contributed by atoms with van der Waals surface area (Å²) >= 11 is 0.